The van der Waals surface area contributed by atoms with Crippen molar-refractivity contribution in [3.63, 3.8) is 0 Å². The largest absolute Gasteiger partial charge is 0.441 e. The number of aryl methyl sites for hydroxylation is 1. The molecule has 1 aromatic carbocycles. The summed E-state index contributed by atoms with van der Waals surface area (Å²) in [6.45, 7) is 3.97. The van der Waals surface area contributed by atoms with Gasteiger partial charge in [-0.2, -0.15) is 0 Å². The molecular formula is C16H18ClN3O3. The molecule has 23 heavy (non-hydrogen) atoms. The molecule has 0 saturated heterocycles. The molecule has 2 amide bonds. The van der Waals surface area contributed by atoms with Gasteiger partial charge in [-0.25, -0.2) is 4.98 Å². The van der Waals surface area contributed by atoms with E-state index in [0.717, 1.165) is 5.56 Å². The van der Waals surface area contributed by atoms with E-state index in [9.17, 15) is 9.59 Å². The van der Waals surface area contributed by atoms with E-state index in [2.05, 4.69) is 15.6 Å². The summed E-state index contributed by atoms with van der Waals surface area (Å²) in [5, 5.41) is 5.96. The van der Waals surface area contributed by atoms with Gasteiger partial charge in [0.1, 0.15) is 5.76 Å². The Morgan fingerprint density at radius 1 is 1.17 bits per heavy atom. The monoisotopic (exact) mass is 335 g/mol. The molecule has 2 aromatic rings. The molecule has 6 nitrogen and oxygen atoms in total. The van der Waals surface area contributed by atoms with Crippen LogP contribution in [0.2, 0.25) is 5.02 Å². The van der Waals surface area contributed by atoms with Crippen LogP contribution in [-0.2, 0) is 16.0 Å². The van der Waals surface area contributed by atoms with E-state index >= 15 is 0 Å². The predicted molar refractivity (Wildman–Crippen MR) is 87.1 cm³/mol. The number of nitrogens with zero attached hydrogens (tertiary/aromatic N) is 1. The SMILES string of the molecule is CC(=O)NCCNC(=O)Cc1nc(-c2ccc(Cl)cc2)oc1C. The van der Waals surface area contributed by atoms with Crippen molar-refractivity contribution < 1.29 is 14.0 Å². The van der Waals surface area contributed by atoms with Crippen LogP contribution in [0.5, 0.6) is 0 Å². The normalized spacial score (nSPS) is 10.4. The highest BCUT2D eigenvalue weighted by Crippen LogP contribution is 2.23. The third-order valence-corrected chi connectivity index (χ3v) is 3.38. The van der Waals surface area contributed by atoms with E-state index in [0.29, 0.717) is 35.5 Å². The molecule has 0 saturated carbocycles. The van der Waals surface area contributed by atoms with Crippen molar-refractivity contribution in [2.24, 2.45) is 0 Å². The first-order valence-electron chi connectivity index (χ1n) is 7.19. The van der Waals surface area contributed by atoms with Crippen LogP contribution in [-0.4, -0.2) is 29.9 Å². The van der Waals surface area contributed by atoms with Crippen molar-refractivity contribution >= 4 is 23.4 Å². The first-order valence-corrected chi connectivity index (χ1v) is 7.57. The minimum absolute atomic E-state index is 0.126. The summed E-state index contributed by atoms with van der Waals surface area (Å²) >= 11 is 5.85. The first-order chi connectivity index (χ1) is 11.0. The van der Waals surface area contributed by atoms with E-state index < -0.39 is 0 Å². The number of aromatic nitrogens is 1. The summed E-state index contributed by atoms with van der Waals surface area (Å²) in [4.78, 5) is 27.0. The number of hydrogen-bond acceptors (Lipinski definition) is 4. The molecule has 0 aliphatic heterocycles. The zero-order valence-corrected chi connectivity index (χ0v) is 13.7. The van der Waals surface area contributed by atoms with Gasteiger partial charge < -0.3 is 15.1 Å². The van der Waals surface area contributed by atoms with Crippen molar-refractivity contribution in [3.8, 4) is 11.5 Å². The number of hydrogen-bond donors (Lipinski definition) is 2. The van der Waals surface area contributed by atoms with Crippen LogP contribution in [0, 0.1) is 6.92 Å². The molecule has 2 rings (SSSR count). The Bertz CT molecular complexity index is 695. The molecule has 122 valence electrons. The van der Waals surface area contributed by atoms with E-state index in [4.69, 9.17) is 16.0 Å². The van der Waals surface area contributed by atoms with Gasteiger partial charge in [0.25, 0.3) is 0 Å². The Balaban J connectivity index is 1.94. The highest BCUT2D eigenvalue weighted by atomic mass is 35.5. The van der Waals surface area contributed by atoms with E-state index in [1.165, 1.54) is 6.92 Å². The molecular weight excluding hydrogens is 318 g/mol. The van der Waals surface area contributed by atoms with E-state index in [1.54, 1.807) is 19.1 Å². The minimum atomic E-state index is -0.172. The summed E-state index contributed by atoms with van der Waals surface area (Å²) in [5.41, 5.74) is 1.39. The molecule has 1 aromatic heterocycles. The molecule has 0 bridgehead atoms. The molecule has 0 atom stereocenters. The average molecular weight is 336 g/mol. The van der Waals surface area contributed by atoms with Crippen LogP contribution in [0.3, 0.4) is 0 Å². The lowest BCUT2D eigenvalue weighted by Gasteiger charge is -2.04. The average Bonchev–Trinajstić information content (AvgIpc) is 2.85. The fraction of sp³-hybridized carbons (Fsp3) is 0.312. The Hall–Kier alpha value is -2.34. The predicted octanol–water partition coefficient (Wildman–Crippen LogP) is 2.10. The molecule has 0 fully saturated rings. The maximum absolute atomic E-state index is 11.9. The molecule has 0 unspecified atom stereocenters. The number of nitrogens with one attached hydrogen (secondary N) is 2. The zero-order chi connectivity index (χ0) is 16.8. The highest BCUT2D eigenvalue weighted by molar-refractivity contribution is 6.30. The second kappa shape index (κ2) is 7.78. The molecule has 0 aliphatic carbocycles. The quantitative estimate of drug-likeness (QED) is 0.792. The number of halogens is 1. The number of rotatable bonds is 6. The molecule has 7 heteroatoms. The van der Waals surface area contributed by atoms with Gasteiger partial charge in [0.05, 0.1) is 12.1 Å². The van der Waals surface area contributed by atoms with Crippen LogP contribution in [0.1, 0.15) is 18.4 Å². The van der Waals surface area contributed by atoms with Crippen molar-refractivity contribution in [3.05, 3.63) is 40.7 Å². The fourth-order valence-electron chi connectivity index (χ4n) is 1.96. The van der Waals surface area contributed by atoms with Crippen LogP contribution in [0.25, 0.3) is 11.5 Å². The van der Waals surface area contributed by atoms with Crippen molar-refractivity contribution in [1.82, 2.24) is 15.6 Å². The summed E-state index contributed by atoms with van der Waals surface area (Å²) < 4.78 is 5.61. The third kappa shape index (κ3) is 5.10. The Kier molecular flexibility index (Phi) is 5.76. The molecule has 2 N–H and O–H groups in total. The van der Waals surface area contributed by atoms with E-state index in [-0.39, 0.29) is 18.2 Å². The number of carbonyl (C=O) groups is 2. The van der Waals surface area contributed by atoms with Crippen LogP contribution >= 0.6 is 11.6 Å². The van der Waals surface area contributed by atoms with Gasteiger partial charge in [-0.3, -0.25) is 9.59 Å². The van der Waals surface area contributed by atoms with Gasteiger partial charge in [-0.15, -0.1) is 0 Å². The smallest absolute Gasteiger partial charge is 0.226 e. The fourth-order valence-corrected chi connectivity index (χ4v) is 2.09. The first kappa shape index (κ1) is 17.0. The van der Waals surface area contributed by atoms with Gasteiger partial charge >= 0.3 is 0 Å². The topological polar surface area (TPSA) is 84.2 Å². The lowest BCUT2D eigenvalue weighted by atomic mass is 10.2. The molecule has 1 heterocycles. The summed E-state index contributed by atoms with van der Waals surface area (Å²) in [5.74, 6) is 0.765. The van der Waals surface area contributed by atoms with Crippen LogP contribution in [0.4, 0.5) is 0 Å². The number of carbonyl (C=O) groups excluding carboxylic acids is 2. The lowest BCUT2D eigenvalue weighted by Crippen LogP contribution is -2.34. The lowest BCUT2D eigenvalue weighted by molar-refractivity contribution is -0.121. The van der Waals surface area contributed by atoms with Crippen molar-refractivity contribution in [1.29, 1.82) is 0 Å². The standard InChI is InChI=1S/C16H18ClN3O3/c1-10-14(9-15(22)19-8-7-18-11(2)21)20-16(23-10)12-3-5-13(17)6-4-12/h3-6H,7-9H2,1-2H3,(H,18,21)(H,19,22). The van der Waals surface area contributed by atoms with Gasteiger partial charge in [0.2, 0.25) is 17.7 Å². The zero-order valence-electron chi connectivity index (χ0n) is 13.0. The van der Waals surface area contributed by atoms with E-state index in [1.807, 2.05) is 12.1 Å². The Morgan fingerprint density at radius 3 is 2.48 bits per heavy atom. The highest BCUT2D eigenvalue weighted by Gasteiger charge is 2.14. The summed E-state index contributed by atoms with van der Waals surface area (Å²) in [7, 11) is 0. The molecule has 0 radical (unpaired) electrons. The second-order valence-electron chi connectivity index (χ2n) is 5.04. The van der Waals surface area contributed by atoms with Gasteiger partial charge in [-0.1, -0.05) is 11.6 Å². The minimum Gasteiger partial charge on any atom is -0.441 e. The number of benzene rings is 1. The van der Waals surface area contributed by atoms with Crippen LogP contribution in [0.15, 0.2) is 28.7 Å². The maximum Gasteiger partial charge on any atom is 0.226 e. The van der Waals surface area contributed by atoms with Gasteiger partial charge in [-0.05, 0) is 31.2 Å². The summed E-state index contributed by atoms with van der Waals surface area (Å²) in [6, 6.07) is 7.13. The summed E-state index contributed by atoms with van der Waals surface area (Å²) in [6.07, 6.45) is 0.128. The third-order valence-electron chi connectivity index (χ3n) is 3.13. The second-order valence-corrected chi connectivity index (χ2v) is 5.47. The van der Waals surface area contributed by atoms with Crippen LogP contribution < -0.4 is 10.6 Å². The van der Waals surface area contributed by atoms with Gasteiger partial charge in [0.15, 0.2) is 0 Å². The number of amides is 2. The van der Waals surface area contributed by atoms with Crippen molar-refractivity contribution in [2.75, 3.05) is 13.1 Å². The Labute approximate surface area is 139 Å². The number of oxazole rings is 1. The van der Waals surface area contributed by atoms with Gasteiger partial charge in [0, 0.05) is 30.6 Å². The molecule has 0 spiro atoms. The van der Waals surface area contributed by atoms with Crippen molar-refractivity contribution in [2.45, 2.75) is 20.3 Å². The Morgan fingerprint density at radius 2 is 1.83 bits per heavy atom. The maximum atomic E-state index is 11.9. The molecule has 0 aliphatic rings.